The molecular formula is C9H12F3NO3S2. The zero-order chi connectivity index (χ0) is 14.1. The Morgan fingerprint density at radius 3 is 2.39 bits per heavy atom. The summed E-state index contributed by atoms with van der Waals surface area (Å²) in [4.78, 5) is 0.425. The molecule has 0 saturated heterocycles. The highest BCUT2D eigenvalue weighted by Crippen LogP contribution is 2.29. The molecule has 4 nitrogen and oxygen atoms in total. The molecule has 0 unspecified atom stereocenters. The molecule has 104 valence electrons. The second-order valence-electron chi connectivity index (χ2n) is 3.71. The van der Waals surface area contributed by atoms with Gasteiger partial charge in [0.25, 0.3) is 10.0 Å². The average Bonchev–Trinajstić information content (AvgIpc) is 2.57. The monoisotopic (exact) mass is 303 g/mol. The quantitative estimate of drug-likeness (QED) is 0.921. The molecule has 0 aromatic carbocycles. The minimum Gasteiger partial charge on any atom is -0.391 e. The molecule has 18 heavy (non-hydrogen) atoms. The first-order valence-electron chi connectivity index (χ1n) is 4.81. The number of aliphatic hydroxyl groups excluding tert-OH is 1. The predicted molar refractivity (Wildman–Crippen MR) is 60.8 cm³/mol. The molecule has 0 aliphatic rings. The van der Waals surface area contributed by atoms with Gasteiger partial charge >= 0.3 is 6.18 Å². The summed E-state index contributed by atoms with van der Waals surface area (Å²) < 4.78 is 60.2. The van der Waals surface area contributed by atoms with Crippen molar-refractivity contribution in [2.75, 3.05) is 13.6 Å². The molecule has 0 spiro atoms. The highest BCUT2D eigenvalue weighted by Gasteiger charge is 2.35. The maximum Gasteiger partial charge on any atom is 0.402 e. The van der Waals surface area contributed by atoms with E-state index in [-0.39, 0.29) is 15.1 Å². The molecule has 1 rings (SSSR count). The molecular weight excluding hydrogens is 291 g/mol. The SMILES string of the molecule is Cc1cc(S(=O)(=O)N(C)CC(F)(F)F)sc1CO. The fourth-order valence-corrected chi connectivity index (χ4v) is 4.08. The molecule has 0 amide bonds. The standard InChI is InChI=1S/C9H12F3NO3S2/c1-6-3-8(17-7(6)4-14)18(15,16)13(2)5-9(10,11)12/h3,14H,4-5H2,1-2H3. The van der Waals surface area contributed by atoms with Gasteiger partial charge in [-0.2, -0.15) is 17.5 Å². The molecule has 0 radical (unpaired) electrons. The summed E-state index contributed by atoms with van der Waals surface area (Å²) in [5.74, 6) is 0. The van der Waals surface area contributed by atoms with Crippen LogP contribution in [0.25, 0.3) is 0 Å². The minimum absolute atomic E-state index is 0.198. The van der Waals surface area contributed by atoms with Gasteiger partial charge in [0, 0.05) is 11.9 Å². The van der Waals surface area contributed by atoms with Crippen molar-refractivity contribution in [3.05, 3.63) is 16.5 Å². The molecule has 0 saturated carbocycles. The maximum atomic E-state index is 12.2. The van der Waals surface area contributed by atoms with E-state index in [4.69, 9.17) is 5.11 Å². The lowest BCUT2D eigenvalue weighted by atomic mass is 10.3. The molecule has 0 fully saturated rings. The Labute approximate surface area is 107 Å². The van der Waals surface area contributed by atoms with Gasteiger partial charge in [-0.3, -0.25) is 0 Å². The first-order valence-corrected chi connectivity index (χ1v) is 7.07. The second-order valence-corrected chi connectivity index (χ2v) is 7.11. The molecule has 1 aromatic heterocycles. The van der Waals surface area contributed by atoms with Crippen LogP contribution in [0.3, 0.4) is 0 Å². The van der Waals surface area contributed by atoms with E-state index in [9.17, 15) is 21.6 Å². The number of aliphatic hydroxyl groups is 1. The topological polar surface area (TPSA) is 57.6 Å². The van der Waals surface area contributed by atoms with Gasteiger partial charge in [0.15, 0.2) is 0 Å². The summed E-state index contributed by atoms with van der Waals surface area (Å²) >= 11 is 0.774. The molecule has 9 heteroatoms. The van der Waals surface area contributed by atoms with Crippen LogP contribution in [0.2, 0.25) is 0 Å². The first-order chi connectivity index (χ1) is 8.08. The number of nitrogens with zero attached hydrogens (tertiary/aromatic N) is 1. The number of hydrogen-bond acceptors (Lipinski definition) is 4. The van der Waals surface area contributed by atoms with E-state index in [1.807, 2.05) is 0 Å². The number of sulfonamides is 1. The Bertz CT molecular complexity index is 522. The smallest absolute Gasteiger partial charge is 0.391 e. The van der Waals surface area contributed by atoms with Crippen LogP contribution in [0.5, 0.6) is 0 Å². The second kappa shape index (κ2) is 5.16. The van der Waals surface area contributed by atoms with E-state index >= 15 is 0 Å². The predicted octanol–water partition coefficient (Wildman–Crippen LogP) is 1.73. The van der Waals surface area contributed by atoms with Crippen molar-refractivity contribution in [2.45, 2.75) is 23.9 Å². The first kappa shape index (κ1) is 15.4. The fourth-order valence-electron chi connectivity index (χ4n) is 1.26. The van der Waals surface area contributed by atoms with Gasteiger partial charge in [0.1, 0.15) is 10.8 Å². The number of thiophene rings is 1. The molecule has 0 bridgehead atoms. The third kappa shape index (κ3) is 3.44. The van der Waals surface area contributed by atoms with Gasteiger partial charge in [-0.15, -0.1) is 11.3 Å². The Balaban J connectivity index is 3.05. The van der Waals surface area contributed by atoms with Gasteiger partial charge in [0.2, 0.25) is 0 Å². The summed E-state index contributed by atoms with van der Waals surface area (Å²) in [7, 11) is -3.29. The largest absolute Gasteiger partial charge is 0.402 e. The maximum absolute atomic E-state index is 12.2. The van der Waals surface area contributed by atoms with Crippen molar-refractivity contribution in [1.82, 2.24) is 4.31 Å². The number of rotatable bonds is 4. The lowest BCUT2D eigenvalue weighted by Gasteiger charge is -2.17. The zero-order valence-corrected chi connectivity index (χ0v) is 11.3. The minimum atomic E-state index is -4.59. The fraction of sp³-hybridized carbons (Fsp3) is 0.556. The number of aryl methyl sites for hydroxylation is 1. The summed E-state index contributed by atoms with van der Waals surface area (Å²) in [6.45, 7) is -0.291. The van der Waals surface area contributed by atoms with Crippen LogP contribution in [0.1, 0.15) is 10.4 Å². The van der Waals surface area contributed by atoms with E-state index in [2.05, 4.69) is 0 Å². The van der Waals surface area contributed by atoms with Crippen molar-refractivity contribution >= 4 is 21.4 Å². The Morgan fingerprint density at radius 1 is 1.44 bits per heavy atom. The van der Waals surface area contributed by atoms with Crippen LogP contribution in [0.15, 0.2) is 10.3 Å². The highest BCUT2D eigenvalue weighted by atomic mass is 32.2. The van der Waals surface area contributed by atoms with Crippen molar-refractivity contribution in [3.8, 4) is 0 Å². The number of halogens is 3. The van der Waals surface area contributed by atoms with Crippen molar-refractivity contribution in [2.24, 2.45) is 0 Å². The summed E-state index contributed by atoms with van der Waals surface area (Å²) in [5, 5.41) is 8.94. The van der Waals surface area contributed by atoms with E-state index in [0.717, 1.165) is 18.4 Å². The van der Waals surface area contributed by atoms with Gasteiger partial charge in [-0.25, -0.2) is 8.42 Å². The van der Waals surface area contributed by atoms with Crippen LogP contribution in [0.4, 0.5) is 13.2 Å². The van der Waals surface area contributed by atoms with E-state index in [1.165, 1.54) is 6.07 Å². The van der Waals surface area contributed by atoms with Crippen molar-refractivity contribution in [1.29, 1.82) is 0 Å². The lowest BCUT2D eigenvalue weighted by Crippen LogP contribution is -2.35. The molecule has 0 atom stereocenters. The zero-order valence-electron chi connectivity index (χ0n) is 9.65. The van der Waals surface area contributed by atoms with Gasteiger partial charge in [0.05, 0.1) is 6.61 Å². The molecule has 1 heterocycles. The third-order valence-electron chi connectivity index (χ3n) is 2.21. The normalized spacial score (nSPS) is 13.3. The molecule has 1 aromatic rings. The summed E-state index contributed by atoms with van der Waals surface area (Å²) in [6.07, 6.45) is -4.59. The Hall–Kier alpha value is -0.640. The van der Waals surface area contributed by atoms with Gasteiger partial charge < -0.3 is 5.11 Å². The lowest BCUT2D eigenvalue weighted by molar-refractivity contribution is -0.134. The van der Waals surface area contributed by atoms with Crippen LogP contribution in [-0.2, 0) is 16.6 Å². The average molecular weight is 303 g/mol. The molecule has 0 aliphatic carbocycles. The van der Waals surface area contributed by atoms with Crippen LogP contribution in [-0.4, -0.2) is 37.6 Å². The Kier molecular flexibility index (Phi) is 4.42. The van der Waals surface area contributed by atoms with E-state index in [1.54, 1.807) is 6.92 Å². The third-order valence-corrected chi connectivity index (χ3v) is 5.68. The van der Waals surface area contributed by atoms with E-state index < -0.39 is 22.7 Å². The van der Waals surface area contributed by atoms with Crippen LogP contribution in [0, 0.1) is 6.92 Å². The van der Waals surface area contributed by atoms with Crippen molar-refractivity contribution in [3.63, 3.8) is 0 Å². The molecule has 1 N–H and O–H groups in total. The van der Waals surface area contributed by atoms with Gasteiger partial charge in [-0.1, -0.05) is 0 Å². The molecule has 0 aliphatic heterocycles. The summed E-state index contributed by atoms with van der Waals surface area (Å²) in [6, 6.07) is 1.26. The van der Waals surface area contributed by atoms with Crippen LogP contribution < -0.4 is 0 Å². The highest BCUT2D eigenvalue weighted by molar-refractivity contribution is 7.91. The van der Waals surface area contributed by atoms with E-state index in [0.29, 0.717) is 10.4 Å². The van der Waals surface area contributed by atoms with Gasteiger partial charge in [-0.05, 0) is 18.6 Å². The number of alkyl halides is 3. The van der Waals surface area contributed by atoms with Crippen molar-refractivity contribution < 1.29 is 26.7 Å². The number of hydrogen-bond donors (Lipinski definition) is 1. The Morgan fingerprint density at radius 2 is 2.00 bits per heavy atom. The van der Waals surface area contributed by atoms with Crippen LogP contribution >= 0.6 is 11.3 Å². The summed E-state index contributed by atoms with van der Waals surface area (Å²) in [5.41, 5.74) is 0.543.